The molecule has 2 nitrogen and oxygen atoms in total. The summed E-state index contributed by atoms with van der Waals surface area (Å²) in [6, 6.07) is 9.74. The molecule has 1 N–H and O–H groups in total. The van der Waals surface area contributed by atoms with Gasteiger partial charge in [-0.1, -0.05) is 54.6 Å². The number of thiol groups is 1. The summed E-state index contributed by atoms with van der Waals surface area (Å²) < 4.78 is 15.4. The Morgan fingerprint density at radius 2 is 1.94 bits per heavy atom. The van der Waals surface area contributed by atoms with Crippen LogP contribution in [0.15, 0.2) is 58.9 Å². The minimum atomic E-state index is -1.25. The molecule has 0 saturated heterocycles. The van der Waals surface area contributed by atoms with Gasteiger partial charge in [-0.25, -0.2) is 8.93 Å². The molecule has 0 spiro atoms. The lowest BCUT2D eigenvalue weighted by atomic mass is 10.2. The third kappa shape index (κ3) is 3.98. The van der Waals surface area contributed by atoms with Crippen molar-refractivity contribution >= 4 is 29.7 Å². The van der Waals surface area contributed by atoms with Crippen LogP contribution in [0.4, 0.5) is 0 Å². The van der Waals surface area contributed by atoms with E-state index in [1.807, 2.05) is 48.6 Å². The van der Waals surface area contributed by atoms with Crippen LogP contribution in [0.25, 0.3) is 6.08 Å². The monoisotopic (exact) mass is 277 g/mol. The first-order valence-corrected chi connectivity index (χ1v) is 7.31. The Kier molecular flexibility index (Phi) is 4.99. The maximum Gasteiger partial charge on any atom is 0.131 e. The summed E-state index contributed by atoms with van der Waals surface area (Å²) in [6.07, 6.45) is 9.95. The Hall–Kier alpha value is -1.10. The van der Waals surface area contributed by atoms with Crippen LogP contribution in [0, 0.1) is 5.92 Å². The lowest BCUT2D eigenvalue weighted by Gasteiger charge is -2.07. The summed E-state index contributed by atoms with van der Waals surface area (Å²) in [6.45, 7) is 0.659. The van der Waals surface area contributed by atoms with Gasteiger partial charge in [-0.15, -0.1) is 12.6 Å². The zero-order valence-corrected chi connectivity index (χ0v) is 11.5. The van der Waals surface area contributed by atoms with Gasteiger partial charge in [0.25, 0.3) is 0 Å². The summed E-state index contributed by atoms with van der Waals surface area (Å²) in [5.74, 6) is 0.326. The number of rotatable bonds is 5. The van der Waals surface area contributed by atoms with E-state index >= 15 is 0 Å². The topological polar surface area (TPSA) is 29.1 Å². The third-order valence-electron chi connectivity index (χ3n) is 2.56. The molecule has 0 saturated carbocycles. The number of hydrogen-bond donors (Lipinski definition) is 2. The van der Waals surface area contributed by atoms with Crippen LogP contribution in [0.2, 0.25) is 0 Å². The molecule has 0 amide bonds. The van der Waals surface area contributed by atoms with E-state index in [1.165, 1.54) is 0 Å². The molecular formula is C14H15NOS2. The molecule has 1 aromatic carbocycles. The van der Waals surface area contributed by atoms with E-state index in [1.54, 1.807) is 0 Å². The highest BCUT2D eigenvalue weighted by atomic mass is 32.2. The molecule has 0 aromatic heterocycles. The zero-order chi connectivity index (χ0) is 12.8. The van der Waals surface area contributed by atoms with Crippen molar-refractivity contribution in [3.8, 4) is 0 Å². The van der Waals surface area contributed by atoms with Crippen LogP contribution in [0.3, 0.4) is 0 Å². The Labute approximate surface area is 115 Å². The molecule has 0 aliphatic heterocycles. The van der Waals surface area contributed by atoms with Gasteiger partial charge in [-0.3, -0.25) is 0 Å². The molecule has 2 rings (SSSR count). The average Bonchev–Trinajstić information content (AvgIpc) is 2.90. The molecule has 0 bridgehead atoms. The number of hydrogen-bond acceptors (Lipinski definition) is 2. The average molecular weight is 277 g/mol. The Morgan fingerprint density at radius 3 is 2.61 bits per heavy atom. The van der Waals surface area contributed by atoms with Crippen LogP contribution >= 0.6 is 12.6 Å². The van der Waals surface area contributed by atoms with E-state index in [2.05, 4.69) is 29.5 Å². The van der Waals surface area contributed by atoms with E-state index in [0.29, 0.717) is 16.7 Å². The Balaban J connectivity index is 1.90. The molecule has 1 atom stereocenters. The molecule has 1 unspecified atom stereocenters. The lowest BCUT2D eigenvalue weighted by molar-refractivity contribution is 0.670. The summed E-state index contributed by atoms with van der Waals surface area (Å²) in [5, 5.41) is 0. The van der Waals surface area contributed by atoms with Crippen molar-refractivity contribution in [2.45, 2.75) is 0 Å². The lowest BCUT2D eigenvalue weighted by Crippen LogP contribution is -2.22. The molecule has 1 aliphatic rings. The normalized spacial score (nSPS) is 17.3. The quantitative estimate of drug-likeness (QED) is 0.796. The van der Waals surface area contributed by atoms with E-state index < -0.39 is 11.0 Å². The van der Waals surface area contributed by atoms with Crippen molar-refractivity contribution in [1.29, 1.82) is 0 Å². The number of nitrogens with one attached hydrogen (secondary N) is 1. The first-order valence-electron chi connectivity index (χ1n) is 5.72. The molecule has 4 heteroatoms. The smallest absolute Gasteiger partial charge is 0.131 e. The maximum absolute atomic E-state index is 11.9. The second-order valence-electron chi connectivity index (χ2n) is 3.94. The molecule has 1 aromatic rings. The first-order chi connectivity index (χ1) is 8.75. The SMILES string of the molecule is O=S(NCC1C=CC=C1)/C(S)=C/c1ccccc1. The molecule has 1 aliphatic carbocycles. The highest BCUT2D eigenvalue weighted by Crippen LogP contribution is 2.13. The fourth-order valence-corrected chi connectivity index (χ4v) is 2.68. The zero-order valence-electron chi connectivity index (χ0n) is 9.82. The van der Waals surface area contributed by atoms with E-state index in [0.717, 1.165) is 5.56 Å². The molecular weight excluding hydrogens is 262 g/mol. The Bertz CT molecular complexity index is 494. The van der Waals surface area contributed by atoms with Gasteiger partial charge in [0.1, 0.15) is 11.0 Å². The fraction of sp³-hybridized carbons (Fsp3) is 0.143. The summed E-state index contributed by atoms with van der Waals surface area (Å²) >= 11 is 4.28. The van der Waals surface area contributed by atoms with E-state index in [9.17, 15) is 4.21 Å². The second-order valence-corrected chi connectivity index (χ2v) is 5.99. The summed E-state index contributed by atoms with van der Waals surface area (Å²) in [7, 11) is -1.25. The van der Waals surface area contributed by atoms with Gasteiger partial charge < -0.3 is 0 Å². The van der Waals surface area contributed by atoms with Crippen LogP contribution in [0.1, 0.15) is 5.56 Å². The van der Waals surface area contributed by atoms with Crippen LogP contribution in [0.5, 0.6) is 0 Å². The van der Waals surface area contributed by atoms with Gasteiger partial charge in [0.2, 0.25) is 0 Å². The van der Waals surface area contributed by atoms with Gasteiger partial charge in [0.05, 0.1) is 4.24 Å². The number of allylic oxidation sites excluding steroid dienone is 2. The summed E-state index contributed by atoms with van der Waals surface area (Å²) in [5.41, 5.74) is 0.998. The van der Waals surface area contributed by atoms with Crippen molar-refractivity contribution in [3.63, 3.8) is 0 Å². The van der Waals surface area contributed by atoms with Gasteiger partial charge in [0, 0.05) is 12.5 Å². The molecule has 0 fully saturated rings. The standard InChI is InChI=1S/C14H15NOS2/c16-18(15-11-13-8-4-5-9-13)14(17)10-12-6-2-1-3-7-12/h1-10,13,15,17H,11H2/b14-10+. The largest absolute Gasteiger partial charge is 0.237 e. The minimum absolute atomic E-state index is 0.326. The highest BCUT2D eigenvalue weighted by Gasteiger charge is 2.07. The van der Waals surface area contributed by atoms with Gasteiger partial charge in [0.15, 0.2) is 0 Å². The van der Waals surface area contributed by atoms with Crippen molar-refractivity contribution < 1.29 is 4.21 Å². The van der Waals surface area contributed by atoms with Crippen LogP contribution in [-0.2, 0) is 11.0 Å². The maximum atomic E-state index is 11.9. The molecule has 18 heavy (non-hydrogen) atoms. The minimum Gasteiger partial charge on any atom is -0.237 e. The van der Waals surface area contributed by atoms with Gasteiger partial charge in [-0.2, -0.15) is 0 Å². The van der Waals surface area contributed by atoms with Crippen molar-refractivity contribution in [2.24, 2.45) is 5.92 Å². The Morgan fingerprint density at radius 1 is 1.28 bits per heavy atom. The van der Waals surface area contributed by atoms with Gasteiger partial charge in [-0.05, 0) is 11.6 Å². The fourth-order valence-electron chi connectivity index (χ4n) is 1.61. The predicted octanol–water partition coefficient (Wildman–Crippen LogP) is 2.91. The highest BCUT2D eigenvalue weighted by molar-refractivity contribution is 8.06. The van der Waals surface area contributed by atoms with Crippen LogP contribution < -0.4 is 4.72 Å². The number of benzene rings is 1. The first kappa shape index (κ1) is 13.3. The van der Waals surface area contributed by atoms with Crippen LogP contribution in [-0.4, -0.2) is 10.8 Å². The van der Waals surface area contributed by atoms with Crippen molar-refractivity contribution in [2.75, 3.05) is 6.54 Å². The van der Waals surface area contributed by atoms with Crippen molar-refractivity contribution in [1.82, 2.24) is 4.72 Å². The van der Waals surface area contributed by atoms with Gasteiger partial charge >= 0.3 is 0 Å². The summed E-state index contributed by atoms with van der Waals surface area (Å²) in [4.78, 5) is 0. The van der Waals surface area contributed by atoms with E-state index in [4.69, 9.17) is 0 Å². The molecule has 0 radical (unpaired) electrons. The van der Waals surface area contributed by atoms with Crippen molar-refractivity contribution in [3.05, 3.63) is 64.4 Å². The predicted molar refractivity (Wildman–Crippen MR) is 81.3 cm³/mol. The molecule has 94 valence electrons. The molecule has 0 heterocycles. The van der Waals surface area contributed by atoms with E-state index in [-0.39, 0.29) is 0 Å². The third-order valence-corrected chi connectivity index (χ3v) is 4.11. The second kappa shape index (κ2) is 6.73.